The van der Waals surface area contributed by atoms with E-state index in [4.69, 9.17) is 4.74 Å². The Morgan fingerprint density at radius 3 is 2.52 bits per heavy atom. The number of amides is 2. The van der Waals surface area contributed by atoms with Gasteiger partial charge in [-0.3, -0.25) is 14.5 Å². The van der Waals surface area contributed by atoms with E-state index in [1.54, 1.807) is 7.11 Å². The average Bonchev–Trinajstić information content (AvgIpc) is 3.08. The summed E-state index contributed by atoms with van der Waals surface area (Å²) in [5.41, 5.74) is 1.97. The Balaban J connectivity index is 1.26. The predicted molar refractivity (Wildman–Crippen MR) is 132 cm³/mol. The smallest absolute Gasteiger partial charge is 0.238 e. The van der Waals surface area contributed by atoms with E-state index in [0.29, 0.717) is 26.1 Å². The fourth-order valence-electron chi connectivity index (χ4n) is 4.31. The van der Waals surface area contributed by atoms with Gasteiger partial charge < -0.3 is 15.0 Å². The number of carbonyl (C=O) groups excluding carboxylic acids is 2. The third-order valence-corrected chi connectivity index (χ3v) is 6.16. The molecule has 1 saturated heterocycles. The summed E-state index contributed by atoms with van der Waals surface area (Å²) in [6, 6.07) is 21.8. The van der Waals surface area contributed by atoms with Gasteiger partial charge in [-0.1, -0.05) is 48.5 Å². The molecule has 33 heavy (non-hydrogen) atoms. The third kappa shape index (κ3) is 6.11. The minimum Gasteiger partial charge on any atom is -0.497 e. The quantitative estimate of drug-likeness (QED) is 0.598. The molecule has 1 aliphatic heterocycles. The number of methoxy groups -OCH3 is 1. The molecule has 0 radical (unpaired) electrons. The zero-order chi connectivity index (χ0) is 23.0. The van der Waals surface area contributed by atoms with Crippen LogP contribution in [0.25, 0.3) is 10.8 Å². The third-order valence-electron chi connectivity index (χ3n) is 6.16. The van der Waals surface area contributed by atoms with Crippen LogP contribution in [0.15, 0.2) is 66.7 Å². The summed E-state index contributed by atoms with van der Waals surface area (Å²) in [6.07, 6.45) is 2.08. The summed E-state index contributed by atoms with van der Waals surface area (Å²) in [4.78, 5) is 29.5. The van der Waals surface area contributed by atoms with Gasteiger partial charge in [0, 0.05) is 43.7 Å². The van der Waals surface area contributed by atoms with Gasteiger partial charge in [-0.15, -0.1) is 0 Å². The van der Waals surface area contributed by atoms with Crippen molar-refractivity contribution in [3.8, 4) is 5.75 Å². The number of hydrogen-bond acceptors (Lipinski definition) is 4. The van der Waals surface area contributed by atoms with Gasteiger partial charge >= 0.3 is 0 Å². The van der Waals surface area contributed by atoms with Crippen LogP contribution in [0.3, 0.4) is 0 Å². The Morgan fingerprint density at radius 1 is 0.909 bits per heavy atom. The highest BCUT2D eigenvalue weighted by Crippen LogP contribution is 2.23. The topological polar surface area (TPSA) is 61.9 Å². The maximum atomic E-state index is 12.7. The average molecular weight is 446 g/mol. The molecule has 0 aromatic heterocycles. The molecule has 0 unspecified atom stereocenters. The molecule has 0 atom stereocenters. The highest BCUT2D eigenvalue weighted by molar-refractivity contribution is 6.02. The fraction of sp³-hybridized carbons (Fsp3) is 0.333. The second kappa shape index (κ2) is 11.0. The number of benzene rings is 3. The lowest BCUT2D eigenvalue weighted by Crippen LogP contribution is -2.38. The van der Waals surface area contributed by atoms with Crippen molar-refractivity contribution in [1.82, 2.24) is 9.80 Å². The SMILES string of the molecule is COc1ccc(CCC(=O)N2CCCN(CC(=O)Nc3cccc4ccccc34)CC2)cc1. The second-order valence-corrected chi connectivity index (χ2v) is 8.43. The van der Waals surface area contributed by atoms with E-state index in [-0.39, 0.29) is 11.8 Å². The van der Waals surface area contributed by atoms with Crippen molar-refractivity contribution in [3.63, 3.8) is 0 Å². The van der Waals surface area contributed by atoms with E-state index in [2.05, 4.69) is 10.2 Å². The van der Waals surface area contributed by atoms with Crippen LogP contribution in [0.1, 0.15) is 18.4 Å². The van der Waals surface area contributed by atoms with Crippen molar-refractivity contribution in [2.75, 3.05) is 45.2 Å². The first kappa shape index (κ1) is 22.8. The zero-order valence-electron chi connectivity index (χ0n) is 19.1. The van der Waals surface area contributed by atoms with Crippen LogP contribution >= 0.6 is 0 Å². The standard InChI is InChI=1S/C27H31N3O3/c1-33-23-13-10-21(11-14-23)12-15-27(32)30-17-5-16-29(18-19-30)20-26(31)28-25-9-4-7-22-6-2-3-8-24(22)25/h2-4,6-11,13-14H,5,12,15-20H2,1H3,(H,28,31). The summed E-state index contributed by atoms with van der Waals surface area (Å²) >= 11 is 0. The van der Waals surface area contributed by atoms with Crippen LogP contribution in [0.5, 0.6) is 5.75 Å². The van der Waals surface area contributed by atoms with Crippen molar-refractivity contribution in [3.05, 3.63) is 72.3 Å². The minimum atomic E-state index is -0.0226. The fourth-order valence-corrected chi connectivity index (χ4v) is 4.31. The number of rotatable bonds is 7. The molecule has 6 nitrogen and oxygen atoms in total. The Hall–Kier alpha value is -3.38. The number of anilines is 1. The Morgan fingerprint density at radius 2 is 1.70 bits per heavy atom. The highest BCUT2D eigenvalue weighted by atomic mass is 16.5. The van der Waals surface area contributed by atoms with E-state index in [9.17, 15) is 9.59 Å². The highest BCUT2D eigenvalue weighted by Gasteiger charge is 2.20. The van der Waals surface area contributed by atoms with E-state index < -0.39 is 0 Å². The van der Waals surface area contributed by atoms with Gasteiger partial charge in [-0.2, -0.15) is 0 Å². The summed E-state index contributed by atoms with van der Waals surface area (Å²) in [5, 5.41) is 5.21. The molecular weight excluding hydrogens is 414 g/mol. The molecular formula is C27H31N3O3. The van der Waals surface area contributed by atoms with Crippen LogP contribution in [0, 0.1) is 0 Å². The first-order valence-electron chi connectivity index (χ1n) is 11.5. The Bertz CT molecular complexity index is 1090. The van der Waals surface area contributed by atoms with Gasteiger partial charge in [-0.25, -0.2) is 0 Å². The van der Waals surface area contributed by atoms with Crippen LogP contribution in [0.2, 0.25) is 0 Å². The van der Waals surface area contributed by atoms with Crippen molar-refractivity contribution in [2.24, 2.45) is 0 Å². The summed E-state index contributed by atoms with van der Waals surface area (Å²) in [7, 11) is 1.65. The van der Waals surface area contributed by atoms with E-state index in [1.165, 1.54) is 0 Å². The number of aryl methyl sites for hydroxylation is 1. The van der Waals surface area contributed by atoms with Crippen LogP contribution in [0.4, 0.5) is 5.69 Å². The molecule has 1 fully saturated rings. The summed E-state index contributed by atoms with van der Waals surface area (Å²) < 4.78 is 5.19. The minimum absolute atomic E-state index is 0.0226. The molecule has 6 heteroatoms. The van der Waals surface area contributed by atoms with Gasteiger partial charge in [0.2, 0.25) is 11.8 Å². The van der Waals surface area contributed by atoms with Crippen molar-refractivity contribution in [2.45, 2.75) is 19.3 Å². The van der Waals surface area contributed by atoms with E-state index in [0.717, 1.165) is 53.7 Å². The summed E-state index contributed by atoms with van der Waals surface area (Å²) in [5.74, 6) is 0.973. The van der Waals surface area contributed by atoms with Crippen LogP contribution in [-0.2, 0) is 16.0 Å². The van der Waals surface area contributed by atoms with Gasteiger partial charge in [-0.05, 0) is 42.0 Å². The number of fused-ring (bicyclic) bond motifs is 1. The molecule has 0 bridgehead atoms. The molecule has 0 saturated carbocycles. The first-order valence-corrected chi connectivity index (χ1v) is 11.5. The molecule has 0 aliphatic carbocycles. The number of nitrogens with zero attached hydrogens (tertiary/aromatic N) is 2. The van der Waals surface area contributed by atoms with Gasteiger partial charge in [0.25, 0.3) is 0 Å². The lowest BCUT2D eigenvalue weighted by molar-refractivity contribution is -0.131. The lowest BCUT2D eigenvalue weighted by Gasteiger charge is -2.22. The maximum Gasteiger partial charge on any atom is 0.238 e. The first-order chi connectivity index (χ1) is 16.1. The molecule has 4 rings (SSSR count). The van der Waals surface area contributed by atoms with Crippen molar-refractivity contribution in [1.29, 1.82) is 0 Å². The van der Waals surface area contributed by atoms with Crippen LogP contribution in [-0.4, -0.2) is 61.4 Å². The monoisotopic (exact) mass is 445 g/mol. The van der Waals surface area contributed by atoms with E-state index >= 15 is 0 Å². The molecule has 1 aliphatic rings. The second-order valence-electron chi connectivity index (χ2n) is 8.43. The van der Waals surface area contributed by atoms with Crippen molar-refractivity contribution < 1.29 is 14.3 Å². The molecule has 0 spiro atoms. The molecule has 1 N–H and O–H groups in total. The lowest BCUT2D eigenvalue weighted by atomic mass is 10.1. The predicted octanol–water partition coefficient (Wildman–Crippen LogP) is 3.95. The normalized spacial score (nSPS) is 14.6. The number of ether oxygens (including phenoxy) is 1. The summed E-state index contributed by atoms with van der Waals surface area (Å²) in [6.45, 7) is 3.24. The van der Waals surface area contributed by atoms with Crippen LogP contribution < -0.4 is 10.1 Å². The molecule has 3 aromatic carbocycles. The van der Waals surface area contributed by atoms with Crippen molar-refractivity contribution >= 4 is 28.3 Å². The number of hydrogen-bond donors (Lipinski definition) is 1. The Kier molecular flexibility index (Phi) is 7.58. The molecule has 2 amide bonds. The van der Waals surface area contributed by atoms with Gasteiger partial charge in [0.05, 0.1) is 13.7 Å². The number of carbonyl (C=O) groups is 2. The van der Waals surface area contributed by atoms with E-state index in [1.807, 2.05) is 71.6 Å². The largest absolute Gasteiger partial charge is 0.497 e. The Labute approximate surface area is 195 Å². The zero-order valence-corrected chi connectivity index (χ0v) is 19.1. The maximum absolute atomic E-state index is 12.7. The molecule has 3 aromatic rings. The van der Waals surface area contributed by atoms with Gasteiger partial charge in [0.1, 0.15) is 5.75 Å². The van der Waals surface area contributed by atoms with Gasteiger partial charge in [0.15, 0.2) is 0 Å². The number of nitrogens with one attached hydrogen (secondary N) is 1. The molecule has 1 heterocycles. The molecule has 172 valence electrons.